The number of para-hydroxylation sites is 1. The van der Waals surface area contributed by atoms with Crippen LogP contribution in [-0.4, -0.2) is 6.61 Å². The predicted octanol–water partition coefficient (Wildman–Crippen LogP) is 5.11. The summed E-state index contributed by atoms with van der Waals surface area (Å²) in [4.78, 5) is 0. The molecule has 0 heterocycles. The Morgan fingerprint density at radius 1 is 1.14 bits per heavy atom. The molecule has 0 amide bonds. The van der Waals surface area contributed by atoms with Crippen LogP contribution in [0.5, 0.6) is 5.75 Å². The molecule has 2 aromatic rings. The van der Waals surface area contributed by atoms with Crippen molar-refractivity contribution in [1.29, 1.82) is 5.26 Å². The van der Waals surface area contributed by atoms with Crippen LogP contribution in [0.2, 0.25) is 5.02 Å². The molecular formula is C18H18ClNO. The van der Waals surface area contributed by atoms with Crippen molar-refractivity contribution in [3.63, 3.8) is 0 Å². The number of nitriles is 1. The van der Waals surface area contributed by atoms with E-state index in [1.54, 1.807) is 0 Å². The van der Waals surface area contributed by atoms with E-state index in [0.717, 1.165) is 29.7 Å². The first kappa shape index (κ1) is 15.4. The molecule has 0 aliphatic carbocycles. The second-order valence-electron chi connectivity index (χ2n) is 4.96. The number of nitrogens with zero attached hydrogens (tertiary/aromatic N) is 1. The van der Waals surface area contributed by atoms with Gasteiger partial charge in [-0.25, -0.2) is 0 Å². The van der Waals surface area contributed by atoms with Crippen molar-refractivity contribution in [3.8, 4) is 11.8 Å². The Labute approximate surface area is 130 Å². The van der Waals surface area contributed by atoms with E-state index in [9.17, 15) is 5.26 Å². The van der Waals surface area contributed by atoms with Gasteiger partial charge in [-0.2, -0.15) is 5.26 Å². The van der Waals surface area contributed by atoms with Crippen LogP contribution in [0.1, 0.15) is 29.9 Å². The third-order valence-electron chi connectivity index (χ3n) is 3.42. The van der Waals surface area contributed by atoms with Gasteiger partial charge in [0.1, 0.15) is 5.75 Å². The van der Waals surface area contributed by atoms with Gasteiger partial charge in [-0.3, -0.25) is 0 Å². The quantitative estimate of drug-likeness (QED) is 0.694. The fourth-order valence-corrected chi connectivity index (χ4v) is 2.50. The molecule has 0 aromatic heterocycles. The van der Waals surface area contributed by atoms with Gasteiger partial charge in [0.2, 0.25) is 0 Å². The van der Waals surface area contributed by atoms with E-state index in [1.165, 1.54) is 0 Å². The average molecular weight is 300 g/mol. The lowest BCUT2D eigenvalue weighted by atomic mass is 9.96. The smallest absolute Gasteiger partial charge is 0.122 e. The summed E-state index contributed by atoms with van der Waals surface area (Å²) in [6.07, 6.45) is 1.56. The van der Waals surface area contributed by atoms with E-state index in [0.29, 0.717) is 11.6 Å². The standard InChI is InChI=1S/C18H18ClNO/c1-14-7-2-5-11-18(14)21-12-6-8-15(13-20)16-9-3-4-10-17(16)19/h2-5,7,9-11,15H,6,8,12H2,1H3. The van der Waals surface area contributed by atoms with Crippen molar-refractivity contribution in [1.82, 2.24) is 0 Å². The zero-order valence-corrected chi connectivity index (χ0v) is 12.8. The zero-order chi connectivity index (χ0) is 15.1. The van der Waals surface area contributed by atoms with E-state index in [-0.39, 0.29) is 5.92 Å². The highest BCUT2D eigenvalue weighted by Crippen LogP contribution is 2.27. The molecule has 108 valence electrons. The Hall–Kier alpha value is -1.98. The van der Waals surface area contributed by atoms with Crippen LogP contribution in [0.25, 0.3) is 0 Å². The molecule has 0 aliphatic heterocycles. The third kappa shape index (κ3) is 4.24. The maximum atomic E-state index is 9.31. The highest BCUT2D eigenvalue weighted by molar-refractivity contribution is 6.31. The van der Waals surface area contributed by atoms with Gasteiger partial charge in [0.25, 0.3) is 0 Å². The second kappa shape index (κ2) is 7.71. The molecule has 2 aromatic carbocycles. The van der Waals surface area contributed by atoms with Gasteiger partial charge in [0.15, 0.2) is 0 Å². The molecule has 1 atom stereocenters. The summed E-state index contributed by atoms with van der Waals surface area (Å²) in [5.74, 6) is 0.725. The van der Waals surface area contributed by atoms with Crippen LogP contribution in [-0.2, 0) is 0 Å². The summed E-state index contributed by atoms with van der Waals surface area (Å²) in [5.41, 5.74) is 2.03. The van der Waals surface area contributed by atoms with Crippen molar-refractivity contribution in [2.45, 2.75) is 25.7 Å². The summed E-state index contributed by atoms with van der Waals surface area (Å²) in [7, 11) is 0. The van der Waals surface area contributed by atoms with Crippen molar-refractivity contribution >= 4 is 11.6 Å². The molecule has 0 saturated heterocycles. The fourth-order valence-electron chi connectivity index (χ4n) is 2.24. The van der Waals surface area contributed by atoms with E-state index in [4.69, 9.17) is 16.3 Å². The predicted molar refractivity (Wildman–Crippen MR) is 85.7 cm³/mol. The molecule has 0 radical (unpaired) electrons. The third-order valence-corrected chi connectivity index (χ3v) is 3.77. The van der Waals surface area contributed by atoms with Crippen LogP contribution in [0.15, 0.2) is 48.5 Å². The van der Waals surface area contributed by atoms with Crippen LogP contribution in [0, 0.1) is 18.3 Å². The Balaban J connectivity index is 1.86. The molecule has 1 unspecified atom stereocenters. The topological polar surface area (TPSA) is 33.0 Å². The first-order valence-electron chi connectivity index (χ1n) is 7.05. The van der Waals surface area contributed by atoms with Crippen molar-refractivity contribution in [2.24, 2.45) is 0 Å². The van der Waals surface area contributed by atoms with Gasteiger partial charge < -0.3 is 4.74 Å². The molecule has 0 bridgehead atoms. The summed E-state index contributed by atoms with van der Waals surface area (Å²) < 4.78 is 5.76. The Bertz CT molecular complexity index is 633. The Morgan fingerprint density at radius 2 is 1.86 bits per heavy atom. The molecule has 3 heteroatoms. The molecule has 0 aliphatic rings. The minimum atomic E-state index is -0.181. The van der Waals surface area contributed by atoms with Gasteiger partial charge >= 0.3 is 0 Å². The lowest BCUT2D eigenvalue weighted by molar-refractivity contribution is 0.303. The van der Waals surface area contributed by atoms with Crippen molar-refractivity contribution in [2.75, 3.05) is 6.61 Å². The molecule has 0 fully saturated rings. The lowest BCUT2D eigenvalue weighted by Crippen LogP contribution is -2.03. The average Bonchev–Trinajstić information content (AvgIpc) is 2.50. The summed E-state index contributed by atoms with van der Waals surface area (Å²) in [5, 5.41) is 9.97. The number of halogens is 1. The second-order valence-corrected chi connectivity index (χ2v) is 5.37. The number of aryl methyl sites for hydroxylation is 1. The normalized spacial score (nSPS) is 11.7. The minimum absolute atomic E-state index is 0.181. The fraction of sp³-hybridized carbons (Fsp3) is 0.278. The van der Waals surface area contributed by atoms with Crippen LogP contribution in [0.4, 0.5) is 0 Å². The van der Waals surface area contributed by atoms with Gasteiger partial charge in [0, 0.05) is 5.02 Å². The Morgan fingerprint density at radius 3 is 2.57 bits per heavy atom. The van der Waals surface area contributed by atoms with Gasteiger partial charge in [-0.05, 0) is 43.0 Å². The van der Waals surface area contributed by atoms with Crippen LogP contribution < -0.4 is 4.74 Å². The van der Waals surface area contributed by atoms with Gasteiger partial charge in [-0.15, -0.1) is 0 Å². The van der Waals surface area contributed by atoms with Gasteiger partial charge in [-0.1, -0.05) is 48.0 Å². The molecule has 2 rings (SSSR count). The Kier molecular flexibility index (Phi) is 5.66. The largest absolute Gasteiger partial charge is 0.493 e. The summed E-state index contributed by atoms with van der Waals surface area (Å²) in [6, 6.07) is 17.8. The zero-order valence-electron chi connectivity index (χ0n) is 12.1. The number of hydrogen-bond acceptors (Lipinski definition) is 2. The van der Waals surface area contributed by atoms with E-state index in [2.05, 4.69) is 6.07 Å². The molecule has 0 saturated carbocycles. The lowest BCUT2D eigenvalue weighted by Gasteiger charge is -2.12. The number of hydrogen-bond donors (Lipinski definition) is 0. The number of rotatable bonds is 6. The SMILES string of the molecule is Cc1ccccc1OCCCC(C#N)c1ccccc1Cl. The van der Waals surface area contributed by atoms with Crippen LogP contribution in [0.3, 0.4) is 0 Å². The minimum Gasteiger partial charge on any atom is -0.493 e. The number of ether oxygens (including phenoxy) is 1. The molecule has 21 heavy (non-hydrogen) atoms. The van der Waals surface area contributed by atoms with Gasteiger partial charge in [0.05, 0.1) is 18.6 Å². The van der Waals surface area contributed by atoms with Crippen molar-refractivity contribution in [3.05, 3.63) is 64.7 Å². The summed E-state index contributed by atoms with van der Waals surface area (Å²) >= 11 is 6.14. The highest BCUT2D eigenvalue weighted by Gasteiger charge is 2.13. The maximum absolute atomic E-state index is 9.31. The maximum Gasteiger partial charge on any atom is 0.122 e. The molecule has 2 nitrogen and oxygen atoms in total. The highest BCUT2D eigenvalue weighted by atomic mass is 35.5. The van der Waals surface area contributed by atoms with Crippen molar-refractivity contribution < 1.29 is 4.74 Å². The molecule has 0 N–H and O–H groups in total. The van der Waals surface area contributed by atoms with E-state index >= 15 is 0 Å². The first-order valence-corrected chi connectivity index (χ1v) is 7.42. The van der Waals surface area contributed by atoms with Crippen LogP contribution >= 0.6 is 11.6 Å². The molecule has 0 spiro atoms. The van der Waals surface area contributed by atoms with E-state index < -0.39 is 0 Å². The first-order chi connectivity index (χ1) is 10.2. The number of benzene rings is 2. The van der Waals surface area contributed by atoms with E-state index in [1.807, 2.05) is 55.5 Å². The summed E-state index contributed by atoms with van der Waals surface area (Å²) in [6.45, 7) is 2.63. The monoisotopic (exact) mass is 299 g/mol. The molecular weight excluding hydrogens is 282 g/mol.